The Morgan fingerprint density at radius 3 is 2.55 bits per heavy atom. The molecular weight excluding hydrogens is 288 g/mol. The summed E-state index contributed by atoms with van der Waals surface area (Å²) in [6, 6.07) is 3.47. The van der Waals surface area contributed by atoms with Gasteiger partial charge in [-0.1, -0.05) is 11.6 Å². The minimum absolute atomic E-state index is 0.0567. The predicted molar refractivity (Wildman–Crippen MR) is 71.9 cm³/mol. The zero-order chi connectivity index (χ0) is 15.5. The van der Waals surface area contributed by atoms with Gasteiger partial charge < -0.3 is 10.4 Å². The fourth-order valence-corrected chi connectivity index (χ4v) is 1.48. The van der Waals surface area contributed by atoms with E-state index in [-0.39, 0.29) is 22.8 Å². The number of halogens is 1. The SMILES string of the molecule is CC(C)(CNC(=O)c1cc([N+](=O)[O-])ccc1Cl)C(=O)O. The number of hydrogen-bond donors (Lipinski definition) is 2. The molecule has 1 rings (SSSR count). The predicted octanol–water partition coefficient (Wildman–Crippen LogP) is 2.09. The molecule has 1 aromatic carbocycles. The van der Waals surface area contributed by atoms with Crippen LogP contribution in [0.15, 0.2) is 18.2 Å². The molecule has 0 aromatic heterocycles. The van der Waals surface area contributed by atoms with Gasteiger partial charge in [-0.15, -0.1) is 0 Å². The summed E-state index contributed by atoms with van der Waals surface area (Å²) in [6.07, 6.45) is 0. The lowest BCUT2D eigenvalue weighted by atomic mass is 9.94. The summed E-state index contributed by atoms with van der Waals surface area (Å²) in [5, 5.41) is 22.0. The number of nitro benzene ring substituents is 1. The number of aliphatic carboxylic acids is 1. The third-order valence-electron chi connectivity index (χ3n) is 2.68. The van der Waals surface area contributed by atoms with E-state index >= 15 is 0 Å². The molecule has 0 atom stereocenters. The Morgan fingerprint density at radius 2 is 2.05 bits per heavy atom. The van der Waals surface area contributed by atoms with Gasteiger partial charge in [-0.3, -0.25) is 19.7 Å². The number of carboxylic acid groups (broad SMARTS) is 1. The van der Waals surface area contributed by atoms with Gasteiger partial charge in [0, 0.05) is 18.7 Å². The van der Waals surface area contributed by atoms with E-state index in [0.29, 0.717) is 0 Å². The van der Waals surface area contributed by atoms with Gasteiger partial charge >= 0.3 is 5.97 Å². The van der Waals surface area contributed by atoms with Crippen molar-refractivity contribution in [2.75, 3.05) is 6.54 Å². The Morgan fingerprint density at radius 1 is 1.45 bits per heavy atom. The number of non-ortho nitro benzene ring substituents is 1. The highest BCUT2D eigenvalue weighted by atomic mass is 35.5. The van der Waals surface area contributed by atoms with Gasteiger partial charge in [-0.25, -0.2) is 0 Å². The molecule has 20 heavy (non-hydrogen) atoms. The molecule has 0 aliphatic heterocycles. The molecule has 0 unspecified atom stereocenters. The van der Waals surface area contributed by atoms with E-state index in [1.54, 1.807) is 0 Å². The minimum Gasteiger partial charge on any atom is -0.481 e. The summed E-state index contributed by atoms with van der Waals surface area (Å²) >= 11 is 5.81. The average molecular weight is 301 g/mol. The number of rotatable bonds is 5. The van der Waals surface area contributed by atoms with Crippen LogP contribution in [0.3, 0.4) is 0 Å². The summed E-state index contributed by atoms with van der Waals surface area (Å²) in [5.74, 6) is -1.73. The van der Waals surface area contributed by atoms with E-state index in [2.05, 4.69) is 5.32 Å². The maximum atomic E-state index is 11.9. The lowest BCUT2D eigenvalue weighted by molar-refractivity contribution is -0.384. The summed E-state index contributed by atoms with van der Waals surface area (Å²) in [5.41, 5.74) is -1.48. The minimum atomic E-state index is -1.15. The fraction of sp³-hybridized carbons (Fsp3) is 0.333. The van der Waals surface area contributed by atoms with Gasteiger partial charge in [-0.2, -0.15) is 0 Å². The highest BCUT2D eigenvalue weighted by molar-refractivity contribution is 6.33. The monoisotopic (exact) mass is 300 g/mol. The van der Waals surface area contributed by atoms with Crippen LogP contribution in [0.1, 0.15) is 24.2 Å². The topological polar surface area (TPSA) is 110 Å². The third kappa shape index (κ3) is 3.67. The molecule has 0 bridgehead atoms. The van der Waals surface area contributed by atoms with Crippen molar-refractivity contribution in [3.8, 4) is 0 Å². The van der Waals surface area contributed by atoms with Crippen molar-refractivity contribution in [3.63, 3.8) is 0 Å². The van der Waals surface area contributed by atoms with Crippen LogP contribution < -0.4 is 5.32 Å². The summed E-state index contributed by atoms with van der Waals surface area (Å²) in [4.78, 5) is 32.8. The van der Waals surface area contributed by atoms with Crippen LogP contribution in [-0.2, 0) is 4.79 Å². The smallest absolute Gasteiger partial charge is 0.310 e. The Kier molecular flexibility index (Phi) is 4.67. The van der Waals surface area contributed by atoms with E-state index in [0.717, 1.165) is 6.07 Å². The Balaban J connectivity index is 2.90. The first-order valence-corrected chi connectivity index (χ1v) is 5.98. The molecule has 8 heteroatoms. The number of carboxylic acids is 1. The second-order valence-corrected chi connectivity index (χ2v) is 5.20. The van der Waals surface area contributed by atoms with Gasteiger partial charge in [0.15, 0.2) is 0 Å². The molecule has 0 aliphatic carbocycles. The summed E-state index contributed by atoms with van der Waals surface area (Å²) in [7, 11) is 0. The van der Waals surface area contributed by atoms with E-state index in [4.69, 9.17) is 16.7 Å². The molecule has 7 nitrogen and oxygen atoms in total. The van der Waals surface area contributed by atoms with Crippen LogP contribution in [0, 0.1) is 15.5 Å². The zero-order valence-corrected chi connectivity index (χ0v) is 11.6. The van der Waals surface area contributed by atoms with Gasteiger partial charge in [0.25, 0.3) is 11.6 Å². The van der Waals surface area contributed by atoms with E-state index in [9.17, 15) is 19.7 Å². The molecule has 0 fully saturated rings. The molecule has 1 aromatic rings. The Hall–Kier alpha value is -2.15. The van der Waals surface area contributed by atoms with Crippen LogP contribution in [0.25, 0.3) is 0 Å². The summed E-state index contributed by atoms with van der Waals surface area (Å²) in [6.45, 7) is 2.77. The van der Waals surface area contributed by atoms with Gasteiger partial charge in [0.1, 0.15) is 0 Å². The number of nitrogens with one attached hydrogen (secondary N) is 1. The largest absolute Gasteiger partial charge is 0.481 e. The van der Waals surface area contributed by atoms with Gasteiger partial charge in [-0.05, 0) is 19.9 Å². The van der Waals surface area contributed by atoms with Crippen LogP contribution in [0.5, 0.6) is 0 Å². The van der Waals surface area contributed by atoms with Crippen LogP contribution >= 0.6 is 11.6 Å². The van der Waals surface area contributed by atoms with E-state index < -0.39 is 22.2 Å². The lowest BCUT2D eigenvalue weighted by Gasteiger charge is -2.19. The third-order valence-corrected chi connectivity index (χ3v) is 3.00. The molecule has 108 valence electrons. The molecular formula is C12H13ClN2O5. The average Bonchev–Trinajstić information content (AvgIpc) is 2.36. The van der Waals surface area contributed by atoms with Crippen molar-refractivity contribution in [1.29, 1.82) is 0 Å². The number of hydrogen-bond acceptors (Lipinski definition) is 4. The van der Waals surface area contributed by atoms with Crippen molar-refractivity contribution in [2.45, 2.75) is 13.8 Å². The first kappa shape index (κ1) is 15.9. The fourth-order valence-electron chi connectivity index (χ4n) is 1.27. The van der Waals surface area contributed by atoms with Crippen molar-refractivity contribution in [3.05, 3.63) is 38.9 Å². The van der Waals surface area contributed by atoms with E-state index in [1.165, 1.54) is 26.0 Å². The standard InChI is InChI=1S/C12H13ClN2O5/c1-12(2,11(17)18)6-14-10(16)8-5-7(15(19)20)3-4-9(8)13/h3-5H,6H2,1-2H3,(H,14,16)(H,17,18). The number of nitrogens with zero attached hydrogens (tertiary/aromatic N) is 1. The van der Waals surface area contributed by atoms with E-state index in [1.807, 2.05) is 0 Å². The molecule has 0 spiro atoms. The van der Waals surface area contributed by atoms with Crippen LogP contribution in [0.4, 0.5) is 5.69 Å². The normalized spacial score (nSPS) is 10.9. The molecule has 2 N–H and O–H groups in total. The molecule has 0 heterocycles. The maximum absolute atomic E-state index is 11.9. The number of carbonyl (C=O) groups is 2. The van der Waals surface area contributed by atoms with Crippen molar-refractivity contribution in [2.24, 2.45) is 5.41 Å². The van der Waals surface area contributed by atoms with Gasteiger partial charge in [0.05, 0.1) is 20.9 Å². The lowest BCUT2D eigenvalue weighted by Crippen LogP contribution is -2.39. The number of benzene rings is 1. The van der Waals surface area contributed by atoms with Crippen LogP contribution in [0.2, 0.25) is 5.02 Å². The van der Waals surface area contributed by atoms with Gasteiger partial charge in [0.2, 0.25) is 0 Å². The van der Waals surface area contributed by atoms with Crippen molar-refractivity contribution >= 4 is 29.2 Å². The molecule has 0 saturated heterocycles. The first-order chi connectivity index (χ1) is 9.15. The highest BCUT2D eigenvalue weighted by Gasteiger charge is 2.28. The number of nitro groups is 1. The molecule has 0 radical (unpaired) electrons. The molecule has 1 amide bonds. The molecule has 0 aliphatic rings. The second kappa shape index (κ2) is 5.87. The Bertz CT molecular complexity index is 571. The maximum Gasteiger partial charge on any atom is 0.310 e. The van der Waals surface area contributed by atoms with Crippen LogP contribution in [-0.4, -0.2) is 28.5 Å². The first-order valence-electron chi connectivity index (χ1n) is 5.60. The number of amides is 1. The second-order valence-electron chi connectivity index (χ2n) is 4.79. The molecule has 0 saturated carbocycles. The zero-order valence-electron chi connectivity index (χ0n) is 10.8. The quantitative estimate of drug-likeness (QED) is 0.639. The summed E-state index contributed by atoms with van der Waals surface area (Å²) < 4.78 is 0. The van der Waals surface area contributed by atoms with Crippen molar-refractivity contribution < 1.29 is 19.6 Å². The van der Waals surface area contributed by atoms with Crippen molar-refractivity contribution in [1.82, 2.24) is 5.32 Å². The highest BCUT2D eigenvalue weighted by Crippen LogP contribution is 2.22. The number of carbonyl (C=O) groups excluding carboxylic acids is 1. The Labute approximate surface area is 119 Å².